The summed E-state index contributed by atoms with van der Waals surface area (Å²) in [4.78, 5) is 31.9. The molecular formula is C27H26N2O2S. The van der Waals surface area contributed by atoms with Crippen molar-refractivity contribution in [3.8, 4) is 0 Å². The summed E-state index contributed by atoms with van der Waals surface area (Å²) in [7, 11) is 0. The average Bonchev–Trinajstić information content (AvgIpc) is 3.05. The first-order chi connectivity index (χ1) is 15.5. The predicted octanol–water partition coefficient (Wildman–Crippen LogP) is 6.21. The van der Waals surface area contributed by atoms with Crippen LogP contribution in [0.25, 0.3) is 0 Å². The van der Waals surface area contributed by atoms with Gasteiger partial charge in [-0.05, 0) is 54.8 Å². The predicted molar refractivity (Wildman–Crippen MR) is 132 cm³/mol. The van der Waals surface area contributed by atoms with Crippen LogP contribution >= 0.6 is 11.8 Å². The summed E-state index contributed by atoms with van der Waals surface area (Å²) in [6, 6.07) is 27.1. The molecule has 4 nitrogen and oxygen atoms in total. The lowest BCUT2D eigenvalue weighted by atomic mass is 10.0. The van der Waals surface area contributed by atoms with E-state index < -0.39 is 0 Å². The number of carbonyl (C=O) groups is 2. The van der Waals surface area contributed by atoms with Gasteiger partial charge in [-0.2, -0.15) is 0 Å². The van der Waals surface area contributed by atoms with Crippen molar-refractivity contribution in [1.82, 2.24) is 0 Å². The molecule has 0 aliphatic carbocycles. The van der Waals surface area contributed by atoms with Gasteiger partial charge in [0.15, 0.2) is 0 Å². The molecule has 4 rings (SSSR count). The fourth-order valence-electron chi connectivity index (χ4n) is 3.76. The number of hydrogen-bond donors (Lipinski definition) is 0. The van der Waals surface area contributed by atoms with Crippen LogP contribution in [0.4, 0.5) is 11.4 Å². The SMILES string of the molecule is CCN(C1=C(Sc2ccccc2)C(=O)N(c2ccc(C(C)C)cc2)C1=O)c1ccccc1. The maximum Gasteiger partial charge on any atom is 0.283 e. The number of rotatable bonds is 7. The topological polar surface area (TPSA) is 40.6 Å². The summed E-state index contributed by atoms with van der Waals surface area (Å²) >= 11 is 1.34. The number of nitrogens with zero attached hydrogens (tertiary/aromatic N) is 2. The highest BCUT2D eigenvalue weighted by atomic mass is 32.2. The third kappa shape index (κ3) is 4.21. The maximum absolute atomic E-state index is 13.7. The van der Waals surface area contributed by atoms with Gasteiger partial charge in [0.05, 0.1) is 5.69 Å². The highest BCUT2D eigenvalue weighted by Crippen LogP contribution is 2.40. The Kier molecular flexibility index (Phi) is 6.47. The second-order valence-electron chi connectivity index (χ2n) is 7.86. The van der Waals surface area contributed by atoms with Crippen LogP contribution < -0.4 is 9.80 Å². The fraction of sp³-hybridized carbons (Fsp3) is 0.185. The minimum atomic E-state index is -0.295. The molecule has 0 radical (unpaired) electrons. The molecule has 0 fully saturated rings. The number of amides is 2. The van der Waals surface area contributed by atoms with Gasteiger partial charge < -0.3 is 4.90 Å². The summed E-state index contributed by atoms with van der Waals surface area (Å²) in [6.45, 7) is 6.79. The lowest BCUT2D eigenvalue weighted by Gasteiger charge is -2.24. The smallest absolute Gasteiger partial charge is 0.283 e. The molecule has 0 N–H and O–H groups in total. The lowest BCUT2D eigenvalue weighted by Crippen LogP contribution is -2.35. The van der Waals surface area contributed by atoms with Crippen molar-refractivity contribution < 1.29 is 9.59 Å². The molecule has 1 heterocycles. The standard InChI is InChI=1S/C27H26N2O2S/c1-4-28(21-11-7-5-8-12-21)24-25(32-23-13-9-6-10-14-23)27(31)29(26(24)30)22-17-15-20(16-18-22)19(2)3/h5-19H,4H2,1-3H3. The first-order valence-corrected chi connectivity index (χ1v) is 11.6. The number of carbonyl (C=O) groups excluding carboxylic acids is 2. The summed E-state index contributed by atoms with van der Waals surface area (Å²) in [5.41, 5.74) is 3.06. The Morgan fingerprint density at radius 2 is 1.41 bits per heavy atom. The van der Waals surface area contributed by atoms with Crippen molar-refractivity contribution in [1.29, 1.82) is 0 Å². The van der Waals surface area contributed by atoms with Crippen molar-refractivity contribution in [2.45, 2.75) is 31.6 Å². The van der Waals surface area contributed by atoms with Crippen LogP contribution in [0.2, 0.25) is 0 Å². The second kappa shape index (κ2) is 9.45. The summed E-state index contributed by atoms with van der Waals surface area (Å²) < 4.78 is 0. The summed E-state index contributed by atoms with van der Waals surface area (Å²) in [5, 5.41) is 0. The van der Waals surface area contributed by atoms with E-state index in [2.05, 4.69) is 13.8 Å². The van der Waals surface area contributed by atoms with E-state index in [4.69, 9.17) is 0 Å². The van der Waals surface area contributed by atoms with Crippen molar-refractivity contribution in [3.63, 3.8) is 0 Å². The maximum atomic E-state index is 13.7. The number of thioether (sulfide) groups is 1. The van der Waals surface area contributed by atoms with Gasteiger partial charge in [-0.15, -0.1) is 0 Å². The third-order valence-electron chi connectivity index (χ3n) is 5.45. The van der Waals surface area contributed by atoms with Gasteiger partial charge >= 0.3 is 0 Å². The van der Waals surface area contributed by atoms with Gasteiger partial charge in [0.1, 0.15) is 10.6 Å². The van der Waals surface area contributed by atoms with Gasteiger partial charge in [-0.25, -0.2) is 4.90 Å². The van der Waals surface area contributed by atoms with E-state index in [-0.39, 0.29) is 11.8 Å². The Labute approximate surface area is 193 Å². The van der Waals surface area contributed by atoms with E-state index in [1.165, 1.54) is 22.2 Å². The summed E-state index contributed by atoms with van der Waals surface area (Å²) in [6.07, 6.45) is 0. The van der Waals surface area contributed by atoms with Crippen LogP contribution in [0.3, 0.4) is 0 Å². The third-order valence-corrected chi connectivity index (χ3v) is 6.53. The molecule has 0 aromatic heterocycles. The molecule has 0 unspecified atom stereocenters. The van der Waals surface area contributed by atoms with Gasteiger partial charge in [-0.1, -0.05) is 74.1 Å². The van der Waals surface area contributed by atoms with Crippen LogP contribution in [0.1, 0.15) is 32.3 Å². The molecule has 2 amide bonds. The lowest BCUT2D eigenvalue weighted by molar-refractivity contribution is -0.120. The molecule has 0 bridgehead atoms. The molecule has 32 heavy (non-hydrogen) atoms. The molecular weight excluding hydrogens is 416 g/mol. The zero-order valence-corrected chi connectivity index (χ0v) is 19.3. The van der Waals surface area contributed by atoms with E-state index in [0.29, 0.717) is 28.8 Å². The van der Waals surface area contributed by atoms with E-state index >= 15 is 0 Å². The monoisotopic (exact) mass is 442 g/mol. The van der Waals surface area contributed by atoms with Crippen molar-refractivity contribution in [3.05, 3.63) is 101 Å². The van der Waals surface area contributed by atoms with Crippen LogP contribution in [0, 0.1) is 0 Å². The Morgan fingerprint density at radius 1 is 0.812 bits per heavy atom. The van der Waals surface area contributed by atoms with E-state index in [1.54, 1.807) is 0 Å². The molecule has 3 aromatic carbocycles. The molecule has 3 aromatic rings. The zero-order chi connectivity index (χ0) is 22.7. The first kappa shape index (κ1) is 21.9. The molecule has 1 aliphatic heterocycles. The molecule has 0 atom stereocenters. The largest absolute Gasteiger partial charge is 0.336 e. The molecule has 162 valence electrons. The minimum Gasteiger partial charge on any atom is -0.336 e. The Bertz CT molecular complexity index is 1140. The quantitative estimate of drug-likeness (QED) is 0.408. The first-order valence-electron chi connectivity index (χ1n) is 10.8. The van der Waals surface area contributed by atoms with Crippen LogP contribution in [0.15, 0.2) is 100 Å². The van der Waals surface area contributed by atoms with Crippen molar-refractivity contribution >= 4 is 35.0 Å². The van der Waals surface area contributed by atoms with Gasteiger partial charge in [0, 0.05) is 17.1 Å². The van der Waals surface area contributed by atoms with Gasteiger partial charge in [-0.3, -0.25) is 9.59 Å². The molecule has 0 saturated heterocycles. The average molecular weight is 443 g/mol. The van der Waals surface area contributed by atoms with Gasteiger partial charge in [0.25, 0.3) is 11.8 Å². The van der Waals surface area contributed by atoms with Crippen LogP contribution in [-0.4, -0.2) is 18.4 Å². The minimum absolute atomic E-state index is 0.287. The summed E-state index contributed by atoms with van der Waals surface area (Å²) in [5.74, 6) is -0.206. The normalized spacial score (nSPS) is 13.9. The second-order valence-corrected chi connectivity index (χ2v) is 8.95. The molecule has 0 saturated carbocycles. The van der Waals surface area contributed by atoms with Crippen LogP contribution in [-0.2, 0) is 9.59 Å². The molecule has 0 spiro atoms. The Balaban J connectivity index is 1.79. The number of para-hydroxylation sites is 1. The Hall–Kier alpha value is -3.31. The van der Waals surface area contributed by atoms with E-state index in [0.717, 1.165) is 10.6 Å². The Morgan fingerprint density at radius 3 is 1.97 bits per heavy atom. The van der Waals surface area contributed by atoms with Crippen molar-refractivity contribution in [2.75, 3.05) is 16.3 Å². The number of imide groups is 1. The fourth-order valence-corrected chi connectivity index (χ4v) is 4.76. The van der Waals surface area contributed by atoms with E-state index in [1.807, 2.05) is 96.8 Å². The number of hydrogen-bond acceptors (Lipinski definition) is 4. The number of anilines is 2. The highest BCUT2D eigenvalue weighted by molar-refractivity contribution is 8.04. The highest BCUT2D eigenvalue weighted by Gasteiger charge is 2.42. The van der Waals surface area contributed by atoms with Gasteiger partial charge in [0.2, 0.25) is 0 Å². The zero-order valence-electron chi connectivity index (χ0n) is 18.5. The number of likely N-dealkylation sites (N-methyl/N-ethyl adjacent to an activating group) is 1. The number of benzene rings is 3. The molecule has 1 aliphatic rings. The van der Waals surface area contributed by atoms with E-state index in [9.17, 15) is 9.59 Å². The van der Waals surface area contributed by atoms with Crippen molar-refractivity contribution in [2.24, 2.45) is 0 Å². The van der Waals surface area contributed by atoms with Crippen LogP contribution in [0.5, 0.6) is 0 Å². The molecule has 5 heteroatoms.